The van der Waals surface area contributed by atoms with Gasteiger partial charge in [0.25, 0.3) is 0 Å². The molecule has 0 aromatic carbocycles. The zero-order chi connectivity index (χ0) is 36.9. The highest BCUT2D eigenvalue weighted by Gasteiger charge is 2.61. The number of hydrogen-bond acceptors (Lipinski definition) is 23. The first kappa shape index (κ1) is 38.4. The summed E-state index contributed by atoms with van der Waals surface area (Å²) in [5.74, 6) is -1.63. The molecule has 0 aromatic heterocycles. The Morgan fingerprint density at radius 2 is 1.12 bits per heavy atom. The molecule has 5 saturated heterocycles. The van der Waals surface area contributed by atoms with Gasteiger partial charge < -0.3 is 89.3 Å². The third kappa shape index (κ3) is 7.00. The fraction of sp³-hybridized carbons (Fsp3) is 0.833. The molecule has 0 bridgehead atoms. The molecule has 0 saturated carbocycles. The molecule has 5 aliphatic rings. The molecule has 0 amide bonds. The van der Waals surface area contributed by atoms with Gasteiger partial charge in [0.15, 0.2) is 55.7 Å². The maximum Gasteiger partial charge on any atom is 0.373 e. The number of carboxylic acids is 3. The number of carbonyl (C=O) groups excluding carboxylic acids is 1. The van der Waals surface area contributed by atoms with E-state index in [1.54, 1.807) is 0 Å². The van der Waals surface area contributed by atoms with Crippen LogP contribution in [0.5, 0.6) is 0 Å². The number of aliphatic carboxylic acids is 3. The number of carbonyl (C=O) groups is 4. The highest BCUT2D eigenvalue weighted by molar-refractivity contribution is 5.76. The van der Waals surface area contributed by atoms with Crippen LogP contribution in [-0.4, -0.2) is 203 Å². The van der Waals surface area contributed by atoms with E-state index in [0.717, 1.165) is 0 Å². The molecule has 26 nitrogen and oxygen atoms in total. The molecule has 5 rings (SSSR count). The number of nitrogens with two attached hydrogens (primary N) is 1. The van der Waals surface area contributed by atoms with Gasteiger partial charge in [0, 0.05) is 0 Å². The Kier molecular flexibility index (Phi) is 11.5. The summed E-state index contributed by atoms with van der Waals surface area (Å²) < 4.78 is 36.8. The number of aliphatic hydroxyl groups is 8. The molecule has 50 heavy (non-hydrogen) atoms. The monoisotopic (exact) mass is 735 g/mol. The van der Waals surface area contributed by atoms with E-state index in [4.69, 9.17) is 53.7 Å². The van der Waals surface area contributed by atoms with Crippen molar-refractivity contribution in [2.75, 3.05) is 0 Å². The Labute approximate surface area is 276 Å². The van der Waals surface area contributed by atoms with E-state index in [0.29, 0.717) is 0 Å². The summed E-state index contributed by atoms with van der Waals surface area (Å²) in [5, 5.41) is 111. The van der Waals surface area contributed by atoms with E-state index >= 15 is 0 Å². The number of fused-ring (bicyclic) bond motifs is 2. The van der Waals surface area contributed by atoms with Gasteiger partial charge in [0.05, 0.1) is 0 Å². The summed E-state index contributed by atoms with van der Waals surface area (Å²) in [5.41, 5.74) is 0. The molecule has 13 N–H and O–H groups in total. The minimum absolute atomic E-state index is 1.54. The summed E-state index contributed by atoms with van der Waals surface area (Å²) >= 11 is 0. The summed E-state index contributed by atoms with van der Waals surface area (Å²) in [4.78, 5) is 63.1. The summed E-state index contributed by atoms with van der Waals surface area (Å²) in [7, 11) is 0. The van der Waals surface area contributed by atoms with Gasteiger partial charge in [-0.15, -0.1) is 0 Å². The number of hydrogen-bond donors (Lipinski definition) is 12. The highest BCUT2D eigenvalue weighted by Crippen LogP contribution is 2.37. The Morgan fingerprint density at radius 3 is 1.72 bits per heavy atom. The van der Waals surface area contributed by atoms with Gasteiger partial charge >= 0.3 is 23.9 Å². The Hall–Kier alpha value is -2.84. The summed E-state index contributed by atoms with van der Waals surface area (Å²) in [6, 6.07) is 0. The van der Waals surface area contributed by atoms with Gasteiger partial charge in [-0.2, -0.15) is 4.89 Å². The molecule has 20 atom stereocenters. The second kappa shape index (κ2) is 15.0. The molecular weight excluding hydrogens is 702 g/mol. The van der Waals surface area contributed by atoms with E-state index in [2.05, 4.69) is 0 Å². The topological polar surface area (TPSA) is 409 Å². The minimum atomic E-state index is -2.26. The second-order valence-electron chi connectivity index (χ2n) is 11.5. The van der Waals surface area contributed by atoms with Crippen molar-refractivity contribution in [3.05, 3.63) is 0 Å². The lowest BCUT2D eigenvalue weighted by Crippen LogP contribution is -2.70. The van der Waals surface area contributed by atoms with Crippen molar-refractivity contribution >= 4 is 23.9 Å². The van der Waals surface area contributed by atoms with Crippen LogP contribution >= 0.6 is 0 Å². The van der Waals surface area contributed by atoms with Crippen LogP contribution < -0.4 is 5.90 Å². The van der Waals surface area contributed by atoms with Crippen LogP contribution in [0.25, 0.3) is 0 Å². The van der Waals surface area contributed by atoms with Crippen LogP contribution in [0.3, 0.4) is 0 Å². The first-order valence-electron chi connectivity index (χ1n) is 14.4. The third-order valence-corrected chi connectivity index (χ3v) is 8.41. The largest absolute Gasteiger partial charge is 0.479 e. The van der Waals surface area contributed by atoms with Gasteiger partial charge in [-0.05, 0) is 0 Å². The smallest absolute Gasteiger partial charge is 0.373 e. The first-order chi connectivity index (χ1) is 23.5. The van der Waals surface area contributed by atoms with Gasteiger partial charge in [-0.1, -0.05) is 0 Å². The normalized spacial score (nSPS) is 49.7. The van der Waals surface area contributed by atoms with E-state index in [-0.39, 0.29) is 0 Å². The maximum atomic E-state index is 13.0. The lowest BCUT2D eigenvalue weighted by Gasteiger charge is -2.49. The lowest BCUT2D eigenvalue weighted by atomic mass is 9.95. The Bertz CT molecular complexity index is 1270. The molecule has 26 heteroatoms. The molecule has 284 valence electrons. The predicted molar refractivity (Wildman–Crippen MR) is 136 cm³/mol. The lowest BCUT2D eigenvalue weighted by molar-refractivity contribution is -0.434. The van der Waals surface area contributed by atoms with Crippen molar-refractivity contribution in [1.29, 1.82) is 0 Å². The fourth-order valence-corrected chi connectivity index (χ4v) is 5.80. The van der Waals surface area contributed by atoms with Gasteiger partial charge in [-0.3, -0.25) is 9.73 Å². The fourth-order valence-electron chi connectivity index (χ4n) is 5.80. The predicted octanol–water partition coefficient (Wildman–Crippen LogP) is -9.07. The maximum absolute atomic E-state index is 13.0. The molecule has 0 spiro atoms. The van der Waals surface area contributed by atoms with Gasteiger partial charge in [0.1, 0.15) is 67.1 Å². The van der Waals surface area contributed by atoms with Crippen molar-refractivity contribution in [3.63, 3.8) is 0 Å². The first-order valence-corrected chi connectivity index (χ1v) is 14.4. The Balaban J connectivity index is 1.36. The minimum Gasteiger partial charge on any atom is -0.479 e. The molecule has 0 aliphatic carbocycles. The van der Waals surface area contributed by atoms with E-state index < -0.39 is 147 Å². The van der Waals surface area contributed by atoms with Crippen LogP contribution in [0, 0.1) is 0 Å². The van der Waals surface area contributed by atoms with Crippen molar-refractivity contribution in [3.8, 4) is 0 Å². The molecule has 0 radical (unpaired) electrons. The Morgan fingerprint density at radius 1 is 0.560 bits per heavy atom. The molecule has 0 unspecified atom stereocenters. The summed E-state index contributed by atoms with van der Waals surface area (Å²) in [6.45, 7) is 0. The van der Waals surface area contributed by atoms with Crippen LogP contribution in [0.4, 0.5) is 0 Å². The van der Waals surface area contributed by atoms with Crippen LogP contribution in [0.2, 0.25) is 0 Å². The molecule has 0 aromatic rings. The zero-order valence-corrected chi connectivity index (χ0v) is 24.8. The summed E-state index contributed by atoms with van der Waals surface area (Å²) in [6.07, 6.45) is -42.8. The number of rotatable bonds is 8. The second-order valence-corrected chi connectivity index (χ2v) is 11.5. The van der Waals surface area contributed by atoms with Crippen LogP contribution in [0.15, 0.2) is 0 Å². The van der Waals surface area contributed by atoms with Crippen molar-refractivity contribution in [2.45, 2.75) is 123 Å². The number of aliphatic hydroxyl groups excluding tert-OH is 8. The number of carboxylic acid groups (broad SMARTS) is 3. The average Bonchev–Trinajstić information content (AvgIpc) is 3.06. The third-order valence-electron chi connectivity index (χ3n) is 8.41. The van der Waals surface area contributed by atoms with Gasteiger partial charge in [-0.25, -0.2) is 25.1 Å². The zero-order valence-electron chi connectivity index (χ0n) is 24.8. The molecule has 5 fully saturated rings. The SMILES string of the molecule is NO[C@@H]1[C@@H]2OOC(=O)[C@H]3O[C@@H](O[C@H]4[C@H](O)[C@H](O)[C@H](O)O[C@@H]4C(=O)O)[C@@H](O)[C@@H](O)[C@@H]3O[C@@H]2O[C@H](C(=O)O)[C@H]1O[C@@H]1O[C@H](C(=O)O)[C@@H](O)[C@H](O)[C@@H]1O. The van der Waals surface area contributed by atoms with E-state index in [1.165, 1.54) is 0 Å². The molecular formula is C24H33NO25. The highest BCUT2D eigenvalue weighted by atomic mass is 17.2. The standard InChI is InChI=1S/C24H33NO25/c25-48-12-11(45-22-6(31)1(26)2(27)10(44-22)17(33)34)14(19(37)38)46-24-16(12)49-50-21(40)15-9(43-24)4(29)7(32)23(47-15)42-8-3(28)5(30)20(39)41-13(8)18(35)36/h1-16,20,22-24,26-32,39H,25H2,(H,33,34)(H,35,36)(H,37,38)/t1-,2-,3+,4+,5-,6-,7-,8-,9-,10-,11-,12-,13-,14-,15-,16-,20+,22-,23+,24+/m0/s1. The van der Waals surface area contributed by atoms with Crippen molar-refractivity contribution in [2.24, 2.45) is 5.90 Å². The van der Waals surface area contributed by atoms with Crippen molar-refractivity contribution in [1.82, 2.24) is 0 Å². The van der Waals surface area contributed by atoms with E-state index in [1.807, 2.05) is 0 Å². The van der Waals surface area contributed by atoms with Crippen LogP contribution in [0.1, 0.15) is 0 Å². The molecule has 5 aliphatic heterocycles. The average molecular weight is 736 g/mol. The van der Waals surface area contributed by atoms with Gasteiger partial charge in [0.2, 0.25) is 0 Å². The van der Waals surface area contributed by atoms with E-state index in [9.17, 15) is 75.3 Å². The number of ether oxygens (including phenoxy) is 7. The molecule has 5 heterocycles. The quantitative estimate of drug-likeness (QED) is 0.0813. The van der Waals surface area contributed by atoms with Crippen molar-refractivity contribution < 1.29 is 123 Å². The van der Waals surface area contributed by atoms with Crippen LogP contribution in [-0.2, 0) is 66.9 Å².